The van der Waals surface area contributed by atoms with E-state index in [-0.39, 0.29) is 18.2 Å². The third kappa shape index (κ3) is 5.32. The molecule has 0 atom stereocenters. The van der Waals surface area contributed by atoms with Crippen LogP contribution in [-0.4, -0.2) is 47.2 Å². The van der Waals surface area contributed by atoms with E-state index in [4.69, 9.17) is 15.7 Å². The largest absolute Gasteiger partial charge is 0.492 e. The molecule has 1 aliphatic heterocycles. The molecular formula is C17H23ClN4O2S. The predicted molar refractivity (Wildman–Crippen MR) is 103 cm³/mol. The van der Waals surface area contributed by atoms with Gasteiger partial charge in [0.15, 0.2) is 10.8 Å². The molecule has 25 heavy (non-hydrogen) atoms. The predicted octanol–water partition coefficient (Wildman–Crippen LogP) is 3.19. The van der Waals surface area contributed by atoms with E-state index in [2.05, 4.69) is 15.0 Å². The van der Waals surface area contributed by atoms with Gasteiger partial charge in [0.2, 0.25) is 0 Å². The van der Waals surface area contributed by atoms with Crippen LogP contribution >= 0.6 is 23.7 Å². The van der Waals surface area contributed by atoms with Crippen molar-refractivity contribution in [2.24, 2.45) is 10.9 Å². The number of rotatable bonds is 6. The van der Waals surface area contributed by atoms with Gasteiger partial charge in [0.25, 0.3) is 0 Å². The maximum atomic E-state index is 8.69. The summed E-state index contributed by atoms with van der Waals surface area (Å²) in [5, 5.41) is 14.1. The number of likely N-dealkylation sites (tertiary alicyclic amines) is 1. The molecule has 3 rings (SSSR count). The van der Waals surface area contributed by atoms with E-state index in [1.807, 2.05) is 29.6 Å². The Bertz CT molecular complexity index is 684. The Morgan fingerprint density at radius 2 is 1.96 bits per heavy atom. The molecule has 136 valence electrons. The van der Waals surface area contributed by atoms with Crippen LogP contribution in [0, 0.1) is 0 Å². The van der Waals surface area contributed by atoms with Crippen molar-refractivity contribution in [3.8, 4) is 17.0 Å². The number of nitrogens with zero attached hydrogens (tertiary/aromatic N) is 3. The van der Waals surface area contributed by atoms with Gasteiger partial charge in [-0.15, -0.1) is 23.7 Å². The zero-order valence-corrected chi connectivity index (χ0v) is 15.6. The molecule has 0 aliphatic carbocycles. The van der Waals surface area contributed by atoms with Crippen molar-refractivity contribution in [1.29, 1.82) is 0 Å². The Morgan fingerprint density at radius 3 is 2.64 bits per heavy atom. The Labute approximate surface area is 157 Å². The van der Waals surface area contributed by atoms with Gasteiger partial charge in [0, 0.05) is 17.5 Å². The lowest BCUT2D eigenvalue weighted by Gasteiger charge is -2.26. The van der Waals surface area contributed by atoms with Crippen LogP contribution in [-0.2, 0) is 0 Å². The monoisotopic (exact) mass is 382 g/mol. The minimum Gasteiger partial charge on any atom is -0.492 e. The molecule has 1 saturated heterocycles. The zero-order chi connectivity index (χ0) is 16.8. The highest BCUT2D eigenvalue weighted by molar-refractivity contribution is 7.12. The zero-order valence-electron chi connectivity index (χ0n) is 13.9. The molecule has 3 N–H and O–H groups in total. The highest BCUT2D eigenvalue weighted by atomic mass is 35.5. The SMILES string of the molecule is Cl.NC(=NO)c1nc(-c2ccc(OCCN3CCCCC3)cc2)cs1. The summed E-state index contributed by atoms with van der Waals surface area (Å²) < 4.78 is 5.83. The van der Waals surface area contributed by atoms with Crippen LogP contribution in [0.3, 0.4) is 0 Å². The van der Waals surface area contributed by atoms with Gasteiger partial charge in [0.1, 0.15) is 12.4 Å². The minimum absolute atomic E-state index is 0. The van der Waals surface area contributed by atoms with Crippen LogP contribution < -0.4 is 10.5 Å². The molecule has 0 saturated carbocycles. The first-order valence-corrected chi connectivity index (χ1v) is 9.03. The summed E-state index contributed by atoms with van der Waals surface area (Å²) in [6, 6.07) is 7.85. The number of thiazole rings is 1. The molecule has 8 heteroatoms. The summed E-state index contributed by atoms with van der Waals surface area (Å²) in [6.45, 7) is 4.07. The van der Waals surface area contributed by atoms with Crippen molar-refractivity contribution in [2.45, 2.75) is 19.3 Å². The van der Waals surface area contributed by atoms with E-state index < -0.39 is 0 Å². The Kier molecular flexibility index (Phi) is 7.49. The number of hydrogen-bond acceptors (Lipinski definition) is 6. The second-order valence-corrected chi connectivity index (χ2v) is 6.66. The van der Waals surface area contributed by atoms with Gasteiger partial charge in [-0.25, -0.2) is 4.98 Å². The summed E-state index contributed by atoms with van der Waals surface area (Å²) in [5.41, 5.74) is 7.34. The topological polar surface area (TPSA) is 84.0 Å². The number of ether oxygens (including phenoxy) is 1. The van der Waals surface area contributed by atoms with E-state index in [0.717, 1.165) is 23.6 Å². The molecule has 2 heterocycles. The van der Waals surface area contributed by atoms with Crippen molar-refractivity contribution >= 4 is 29.6 Å². The van der Waals surface area contributed by atoms with Crippen LogP contribution in [0.2, 0.25) is 0 Å². The van der Waals surface area contributed by atoms with Crippen molar-refractivity contribution in [2.75, 3.05) is 26.2 Å². The van der Waals surface area contributed by atoms with Crippen LogP contribution in [0.25, 0.3) is 11.3 Å². The van der Waals surface area contributed by atoms with Gasteiger partial charge in [-0.2, -0.15) is 0 Å². The number of halogens is 1. The van der Waals surface area contributed by atoms with Gasteiger partial charge in [-0.05, 0) is 50.2 Å². The fourth-order valence-electron chi connectivity index (χ4n) is 2.76. The molecule has 6 nitrogen and oxygen atoms in total. The highest BCUT2D eigenvalue weighted by Crippen LogP contribution is 2.24. The highest BCUT2D eigenvalue weighted by Gasteiger charge is 2.10. The van der Waals surface area contributed by atoms with Crippen LogP contribution in [0.15, 0.2) is 34.8 Å². The first kappa shape index (κ1) is 19.5. The van der Waals surface area contributed by atoms with E-state index in [9.17, 15) is 0 Å². The summed E-state index contributed by atoms with van der Waals surface area (Å²) in [5.74, 6) is 0.895. The average molecular weight is 383 g/mol. The van der Waals surface area contributed by atoms with E-state index >= 15 is 0 Å². The first-order chi connectivity index (χ1) is 11.8. The van der Waals surface area contributed by atoms with Crippen molar-refractivity contribution < 1.29 is 9.94 Å². The van der Waals surface area contributed by atoms with Gasteiger partial charge in [-0.3, -0.25) is 4.90 Å². The second-order valence-electron chi connectivity index (χ2n) is 5.80. The van der Waals surface area contributed by atoms with Crippen molar-refractivity contribution in [3.05, 3.63) is 34.7 Å². The van der Waals surface area contributed by atoms with E-state index in [0.29, 0.717) is 11.6 Å². The lowest BCUT2D eigenvalue weighted by molar-refractivity contribution is 0.183. The maximum absolute atomic E-state index is 8.69. The molecule has 0 unspecified atom stereocenters. The molecule has 1 fully saturated rings. The molecule has 0 bridgehead atoms. The molecular weight excluding hydrogens is 360 g/mol. The number of nitrogens with two attached hydrogens (primary N) is 1. The second kappa shape index (κ2) is 9.60. The fraction of sp³-hybridized carbons (Fsp3) is 0.412. The molecule has 1 aromatic carbocycles. The van der Waals surface area contributed by atoms with Crippen LogP contribution in [0.4, 0.5) is 0 Å². The molecule has 1 aliphatic rings. The summed E-state index contributed by atoms with van der Waals surface area (Å²) in [7, 11) is 0. The number of hydrogen-bond donors (Lipinski definition) is 2. The van der Waals surface area contributed by atoms with Gasteiger partial charge in [-0.1, -0.05) is 11.6 Å². The van der Waals surface area contributed by atoms with Gasteiger partial charge < -0.3 is 15.7 Å². The first-order valence-electron chi connectivity index (χ1n) is 8.15. The van der Waals surface area contributed by atoms with Crippen LogP contribution in [0.1, 0.15) is 24.3 Å². The van der Waals surface area contributed by atoms with Gasteiger partial charge in [0.05, 0.1) is 5.69 Å². The third-order valence-corrected chi connectivity index (χ3v) is 4.97. The molecule has 0 radical (unpaired) electrons. The number of piperidine rings is 1. The molecule has 2 aromatic rings. The standard InChI is InChI=1S/C17H22N4O2S.ClH/c18-16(20-22)17-19-15(12-24-17)13-4-6-14(7-5-13)23-11-10-21-8-2-1-3-9-21;/h4-7,12,22H,1-3,8-11H2,(H2,18,20);1H. The van der Waals surface area contributed by atoms with E-state index in [1.165, 1.54) is 43.7 Å². The van der Waals surface area contributed by atoms with E-state index in [1.54, 1.807) is 0 Å². The number of oxime groups is 1. The summed E-state index contributed by atoms with van der Waals surface area (Å²) in [4.78, 5) is 6.82. The third-order valence-electron chi connectivity index (χ3n) is 4.11. The quantitative estimate of drug-likeness (QED) is 0.347. The smallest absolute Gasteiger partial charge is 0.199 e. The normalized spacial score (nSPS) is 15.6. The molecule has 0 spiro atoms. The molecule has 1 aromatic heterocycles. The number of benzene rings is 1. The lowest BCUT2D eigenvalue weighted by Crippen LogP contribution is -2.33. The maximum Gasteiger partial charge on any atom is 0.199 e. The summed E-state index contributed by atoms with van der Waals surface area (Å²) >= 11 is 1.35. The Balaban J connectivity index is 0.00000225. The Morgan fingerprint density at radius 1 is 1.24 bits per heavy atom. The summed E-state index contributed by atoms with van der Waals surface area (Å²) in [6.07, 6.45) is 3.96. The van der Waals surface area contributed by atoms with Crippen molar-refractivity contribution in [1.82, 2.24) is 9.88 Å². The minimum atomic E-state index is 0. The van der Waals surface area contributed by atoms with Gasteiger partial charge >= 0.3 is 0 Å². The average Bonchev–Trinajstić information content (AvgIpc) is 3.13. The number of amidine groups is 1. The Hall–Kier alpha value is -1.83. The number of aromatic nitrogens is 1. The fourth-order valence-corrected chi connectivity index (χ4v) is 3.49. The molecule has 0 amide bonds. The van der Waals surface area contributed by atoms with Crippen molar-refractivity contribution in [3.63, 3.8) is 0 Å². The van der Waals surface area contributed by atoms with Crippen LogP contribution in [0.5, 0.6) is 5.75 Å². The lowest BCUT2D eigenvalue weighted by atomic mass is 10.1.